The summed E-state index contributed by atoms with van der Waals surface area (Å²) in [6.07, 6.45) is 0.895. The molecule has 2 aromatic carbocycles. The second-order valence-corrected chi connectivity index (χ2v) is 7.51. The fourth-order valence-corrected chi connectivity index (χ4v) is 3.86. The van der Waals surface area contributed by atoms with Crippen LogP contribution in [0, 0.1) is 0 Å². The van der Waals surface area contributed by atoms with Gasteiger partial charge < -0.3 is 9.64 Å². The molecule has 1 aromatic heterocycles. The number of hydrogen-bond acceptors (Lipinski definition) is 6. The molecule has 4 rings (SSSR count). The topological polar surface area (TPSA) is 59.3 Å². The monoisotopic (exact) mass is 392 g/mol. The molecule has 0 saturated carbocycles. The van der Waals surface area contributed by atoms with E-state index in [9.17, 15) is 0 Å². The van der Waals surface area contributed by atoms with Gasteiger partial charge in [-0.05, 0) is 47.2 Å². The van der Waals surface area contributed by atoms with Crippen LogP contribution in [0.4, 0.5) is 0 Å². The quantitative estimate of drug-likeness (QED) is 0.615. The minimum Gasteiger partial charge on any atom is -0.497 e. The highest BCUT2D eigenvalue weighted by atomic mass is 16.5. The first-order chi connectivity index (χ1) is 14.2. The van der Waals surface area contributed by atoms with Crippen molar-refractivity contribution in [1.29, 1.82) is 0 Å². The number of tetrazole rings is 1. The Balaban J connectivity index is 1.63. The van der Waals surface area contributed by atoms with Crippen LogP contribution in [0.5, 0.6) is 5.75 Å². The predicted octanol–water partition coefficient (Wildman–Crippen LogP) is 2.26. The second kappa shape index (κ2) is 9.15. The number of hydrogen-bond donors (Lipinski definition) is 0. The SMILES string of the molecule is COc1cccc([C@@H](c2nnnn2CCc2ccccc2)N2CCN(C)CC2)c1. The van der Waals surface area contributed by atoms with Gasteiger partial charge in [-0.25, -0.2) is 4.68 Å². The van der Waals surface area contributed by atoms with Crippen molar-refractivity contribution in [2.75, 3.05) is 40.3 Å². The Kier molecular flexibility index (Phi) is 6.17. The molecule has 1 atom stereocenters. The zero-order chi connectivity index (χ0) is 20.1. The van der Waals surface area contributed by atoms with Crippen LogP contribution < -0.4 is 4.74 Å². The van der Waals surface area contributed by atoms with E-state index in [2.05, 4.69) is 68.8 Å². The van der Waals surface area contributed by atoms with Gasteiger partial charge in [-0.1, -0.05) is 42.5 Å². The van der Waals surface area contributed by atoms with E-state index in [1.807, 2.05) is 22.9 Å². The van der Waals surface area contributed by atoms with Gasteiger partial charge in [0.25, 0.3) is 0 Å². The molecule has 1 aliphatic rings. The van der Waals surface area contributed by atoms with Crippen molar-refractivity contribution in [2.24, 2.45) is 0 Å². The van der Waals surface area contributed by atoms with Crippen molar-refractivity contribution in [3.05, 3.63) is 71.5 Å². The maximum Gasteiger partial charge on any atom is 0.173 e. The molecule has 1 aliphatic heterocycles. The van der Waals surface area contributed by atoms with E-state index in [0.717, 1.165) is 56.3 Å². The number of aryl methyl sites for hydroxylation is 2. The van der Waals surface area contributed by atoms with Gasteiger partial charge in [-0.15, -0.1) is 5.10 Å². The summed E-state index contributed by atoms with van der Waals surface area (Å²) in [5.41, 5.74) is 2.44. The molecule has 0 N–H and O–H groups in total. The summed E-state index contributed by atoms with van der Waals surface area (Å²) in [7, 11) is 3.87. The van der Waals surface area contributed by atoms with Crippen molar-refractivity contribution in [1.82, 2.24) is 30.0 Å². The lowest BCUT2D eigenvalue weighted by Gasteiger charge is -2.37. The van der Waals surface area contributed by atoms with Crippen molar-refractivity contribution in [3.8, 4) is 5.75 Å². The number of rotatable bonds is 7. The number of aromatic nitrogens is 4. The summed E-state index contributed by atoms with van der Waals surface area (Å²) in [5.74, 6) is 1.74. The van der Waals surface area contributed by atoms with E-state index in [4.69, 9.17) is 4.74 Å². The number of likely N-dealkylation sites (N-methyl/N-ethyl adjacent to an activating group) is 1. The van der Waals surface area contributed by atoms with Crippen LogP contribution in [0.1, 0.15) is 23.0 Å². The van der Waals surface area contributed by atoms with E-state index in [1.54, 1.807) is 7.11 Å². The maximum atomic E-state index is 5.48. The second-order valence-electron chi connectivity index (χ2n) is 7.51. The zero-order valence-electron chi connectivity index (χ0n) is 17.1. The molecule has 0 aliphatic carbocycles. The Morgan fingerprint density at radius 2 is 1.79 bits per heavy atom. The first-order valence-electron chi connectivity index (χ1n) is 10.1. The fourth-order valence-electron chi connectivity index (χ4n) is 3.86. The molecule has 0 spiro atoms. The first-order valence-corrected chi connectivity index (χ1v) is 10.1. The van der Waals surface area contributed by atoms with Crippen LogP contribution in [0.2, 0.25) is 0 Å². The standard InChI is InChI=1S/C22H28N6O/c1-26-13-15-27(16-14-26)21(19-9-6-10-20(17-19)29-2)22-23-24-25-28(22)12-11-18-7-4-3-5-8-18/h3-10,17,21H,11-16H2,1-2H3/t21-/m0/s1. The largest absolute Gasteiger partial charge is 0.497 e. The molecule has 1 saturated heterocycles. The highest BCUT2D eigenvalue weighted by Gasteiger charge is 2.30. The predicted molar refractivity (Wildman–Crippen MR) is 112 cm³/mol. The van der Waals surface area contributed by atoms with Gasteiger partial charge in [0.15, 0.2) is 5.82 Å². The Morgan fingerprint density at radius 1 is 1.00 bits per heavy atom. The molecule has 0 unspecified atom stereocenters. The molecule has 29 heavy (non-hydrogen) atoms. The van der Waals surface area contributed by atoms with E-state index in [0.29, 0.717) is 0 Å². The number of ether oxygens (including phenoxy) is 1. The lowest BCUT2D eigenvalue weighted by Crippen LogP contribution is -2.46. The summed E-state index contributed by atoms with van der Waals surface area (Å²) >= 11 is 0. The Morgan fingerprint density at radius 3 is 2.55 bits per heavy atom. The summed E-state index contributed by atoms with van der Waals surface area (Å²) in [5, 5.41) is 12.8. The molecule has 0 radical (unpaired) electrons. The third-order valence-corrected chi connectivity index (χ3v) is 5.57. The molecule has 7 heteroatoms. The van der Waals surface area contributed by atoms with Crippen LogP contribution in [0.25, 0.3) is 0 Å². The lowest BCUT2D eigenvalue weighted by atomic mass is 10.0. The molecule has 0 bridgehead atoms. The van der Waals surface area contributed by atoms with Crippen molar-refractivity contribution in [2.45, 2.75) is 19.0 Å². The van der Waals surface area contributed by atoms with Crippen LogP contribution in [0.3, 0.4) is 0 Å². The number of methoxy groups -OCH3 is 1. The third kappa shape index (κ3) is 4.63. The van der Waals surface area contributed by atoms with Crippen molar-refractivity contribution >= 4 is 0 Å². The molecule has 152 valence electrons. The van der Waals surface area contributed by atoms with Gasteiger partial charge in [0.1, 0.15) is 5.75 Å². The van der Waals surface area contributed by atoms with Gasteiger partial charge in [0, 0.05) is 32.7 Å². The highest BCUT2D eigenvalue weighted by molar-refractivity contribution is 5.33. The number of benzene rings is 2. The minimum atomic E-state index is 0.00423. The summed E-state index contributed by atoms with van der Waals surface area (Å²) in [6.45, 7) is 4.77. The molecule has 1 fully saturated rings. The van der Waals surface area contributed by atoms with Crippen LogP contribution in [-0.2, 0) is 13.0 Å². The van der Waals surface area contributed by atoms with Gasteiger partial charge >= 0.3 is 0 Å². The highest BCUT2D eigenvalue weighted by Crippen LogP contribution is 2.30. The van der Waals surface area contributed by atoms with Gasteiger partial charge in [-0.3, -0.25) is 4.90 Å². The van der Waals surface area contributed by atoms with E-state index in [-0.39, 0.29) is 6.04 Å². The number of piperazine rings is 1. The van der Waals surface area contributed by atoms with E-state index >= 15 is 0 Å². The molecule has 3 aromatic rings. The van der Waals surface area contributed by atoms with Crippen LogP contribution >= 0.6 is 0 Å². The van der Waals surface area contributed by atoms with Gasteiger partial charge in [0.05, 0.1) is 13.2 Å². The van der Waals surface area contributed by atoms with Crippen molar-refractivity contribution in [3.63, 3.8) is 0 Å². The average molecular weight is 393 g/mol. The first kappa shape index (κ1) is 19.5. The van der Waals surface area contributed by atoms with E-state index in [1.165, 1.54) is 5.56 Å². The zero-order valence-corrected chi connectivity index (χ0v) is 17.1. The van der Waals surface area contributed by atoms with Gasteiger partial charge in [0.2, 0.25) is 0 Å². The number of nitrogens with zero attached hydrogens (tertiary/aromatic N) is 6. The van der Waals surface area contributed by atoms with Crippen molar-refractivity contribution < 1.29 is 4.74 Å². The Bertz CT molecular complexity index is 904. The van der Waals surface area contributed by atoms with E-state index < -0.39 is 0 Å². The molecule has 7 nitrogen and oxygen atoms in total. The smallest absolute Gasteiger partial charge is 0.173 e. The maximum absolute atomic E-state index is 5.48. The molecule has 2 heterocycles. The third-order valence-electron chi connectivity index (χ3n) is 5.57. The van der Waals surface area contributed by atoms with Gasteiger partial charge in [-0.2, -0.15) is 0 Å². The van der Waals surface area contributed by atoms with Crippen LogP contribution in [-0.4, -0.2) is 70.3 Å². The summed E-state index contributed by atoms with van der Waals surface area (Å²) in [4.78, 5) is 4.83. The Hall–Kier alpha value is -2.77. The fraction of sp³-hybridized carbons (Fsp3) is 0.409. The molecular weight excluding hydrogens is 364 g/mol. The normalized spacial score (nSPS) is 16.6. The molecular formula is C22H28N6O. The summed E-state index contributed by atoms with van der Waals surface area (Å²) in [6, 6.07) is 18.7. The Labute approximate surface area is 171 Å². The minimum absolute atomic E-state index is 0.00423. The lowest BCUT2D eigenvalue weighted by molar-refractivity contribution is 0.121. The average Bonchev–Trinajstić information content (AvgIpc) is 3.23. The summed E-state index contributed by atoms with van der Waals surface area (Å²) < 4.78 is 7.43. The van der Waals surface area contributed by atoms with Crippen LogP contribution in [0.15, 0.2) is 54.6 Å². The molecule has 0 amide bonds.